The molecule has 7 nitrogen and oxygen atoms in total. The molecule has 0 aliphatic heterocycles. The smallest absolute Gasteiger partial charge is 0.304 e. The van der Waals surface area contributed by atoms with E-state index in [9.17, 15) is 13.2 Å². The minimum atomic E-state index is -3.76. The van der Waals surface area contributed by atoms with Crippen LogP contribution in [0.2, 0.25) is 0 Å². The number of benzene rings is 1. The molecule has 0 saturated heterocycles. The number of hydrogen-bond acceptors (Lipinski definition) is 4. The molecule has 0 unspecified atom stereocenters. The van der Waals surface area contributed by atoms with Crippen LogP contribution in [-0.2, 0) is 10.0 Å². The molecule has 5 rings (SSSR count). The lowest BCUT2D eigenvalue weighted by molar-refractivity contribution is 0.519. The molecular weight excluding hydrogens is 364 g/mol. The molecule has 1 fully saturated rings. The zero-order chi connectivity index (χ0) is 18.6. The van der Waals surface area contributed by atoms with Crippen LogP contribution in [0.25, 0.3) is 22.1 Å². The van der Waals surface area contributed by atoms with E-state index in [0.29, 0.717) is 16.6 Å². The van der Waals surface area contributed by atoms with Gasteiger partial charge in [0.1, 0.15) is 0 Å². The van der Waals surface area contributed by atoms with Gasteiger partial charge in [0.05, 0.1) is 22.1 Å². The normalized spacial score (nSPS) is 15.9. The number of aromatic amines is 1. The summed E-state index contributed by atoms with van der Waals surface area (Å²) < 4.78 is 29.0. The number of pyridine rings is 1. The maximum atomic E-state index is 13.0. The monoisotopic (exact) mass is 382 g/mol. The lowest BCUT2D eigenvalue weighted by Crippen LogP contribution is -2.20. The van der Waals surface area contributed by atoms with Crippen LogP contribution in [-0.4, -0.2) is 26.9 Å². The van der Waals surface area contributed by atoms with Gasteiger partial charge in [0.15, 0.2) is 5.65 Å². The van der Waals surface area contributed by atoms with Gasteiger partial charge in [-0.05, 0) is 31.0 Å². The third-order valence-corrected chi connectivity index (χ3v) is 7.02. The van der Waals surface area contributed by atoms with Crippen molar-refractivity contribution in [3.05, 3.63) is 59.3 Å². The minimum Gasteiger partial charge on any atom is -0.304 e. The van der Waals surface area contributed by atoms with E-state index in [2.05, 4.69) is 9.97 Å². The number of fused-ring (bicyclic) bond motifs is 3. The third kappa shape index (κ3) is 2.36. The van der Waals surface area contributed by atoms with Gasteiger partial charge in [-0.25, -0.2) is 22.2 Å². The van der Waals surface area contributed by atoms with E-state index in [-0.39, 0.29) is 16.6 Å². The molecule has 8 heteroatoms. The summed E-state index contributed by atoms with van der Waals surface area (Å²) in [5.41, 5.74) is 1.54. The zero-order valence-corrected chi connectivity index (χ0v) is 15.3. The molecule has 0 radical (unpaired) electrons. The topological polar surface area (TPSA) is 89.8 Å². The van der Waals surface area contributed by atoms with E-state index in [4.69, 9.17) is 0 Å². The summed E-state index contributed by atoms with van der Waals surface area (Å²) >= 11 is 0. The van der Waals surface area contributed by atoms with E-state index < -0.39 is 10.0 Å². The molecule has 0 spiro atoms. The van der Waals surface area contributed by atoms with E-state index in [1.807, 2.05) is 0 Å². The first-order valence-corrected chi connectivity index (χ1v) is 10.4. The SMILES string of the molecule is O=c1[nH]c2cnc3c(ccn3S(=O)(=O)c3ccccc3)c2n1C1CCCC1. The van der Waals surface area contributed by atoms with Gasteiger partial charge in [0.25, 0.3) is 10.0 Å². The van der Waals surface area contributed by atoms with Gasteiger partial charge in [-0.15, -0.1) is 0 Å². The van der Waals surface area contributed by atoms with Gasteiger partial charge < -0.3 is 4.98 Å². The van der Waals surface area contributed by atoms with Gasteiger partial charge in [-0.3, -0.25) is 4.57 Å². The zero-order valence-electron chi connectivity index (χ0n) is 14.5. The Morgan fingerprint density at radius 2 is 1.81 bits per heavy atom. The van der Waals surface area contributed by atoms with Crippen molar-refractivity contribution in [2.75, 3.05) is 0 Å². The number of rotatable bonds is 3. The van der Waals surface area contributed by atoms with Crippen molar-refractivity contribution in [2.24, 2.45) is 0 Å². The first kappa shape index (κ1) is 16.3. The lowest BCUT2D eigenvalue weighted by atomic mass is 10.2. The van der Waals surface area contributed by atoms with Crippen LogP contribution in [0.4, 0.5) is 0 Å². The molecule has 1 aliphatic carbocycles. The first-order chi connectivity index (χ1) is 13.1. The summed E-state index contributed by atoms with van der Waals surface area (Å²) in [5.74, 6) is 0. The average molecular weight is 382 g/mol. The van der Waals surface area contributed by atoms with Crippen molar-refractivity contribution >= 4 is 32.1 Å². The van der Waals surface area contributed by atoms with Crippen molar-refractivity contribution in [2.45, 2.75) is 36.6 Å². The van der Waals surface area contributed by atoms with Gasteiger partial charge in [-0.2, -0.15) is 0 Å². The minimum absolute atomic E-state index is 0.144. The fraction of sp³-hybridized carbons (Fsp3) is 0.263. The molecule has 1 aromatic carbocycles. The van der Waals surface area contributed by atoms with Crippen LogP contribution in [0.3, 0.4) is 0 Å². The van der Waals surface area contributed by atoms with Crippen molar-refractivity contribution in [1.82, 2.24) is 18.5 Å². The molecule has 0 atom stereocenters. The number of hydrogen-bond donors (Lipinski definition) is 1. The largest absolute Gasteiger partial charge is 0.326 e. The summed E-state index contributed by atoms with van der Waals surface area (Å²) in [6.45, 7) is 0. The molecule has 4 aromatic rings. The van der Waals surface area contributed by atoms with Crippen molar-refractivity contribution in [1.29, 1.82) is 0 Å². The fourth-order valence-electron chi connectivity index (χ4n) is 4.09. The van der Waals surface area contributed by atoms with E-state index in [0.717, 1.165) is 31.2 Å². The van der Waals surface area contributed by atoms with Crippen LogP contribution in [0.1, 0.15) is 31.7 Å². The molecule has 0 bridgehead atoms. The molecule has 1 saturated carbocycles. The molecule has 0 amide bonds. The van der Waals surface area contributed by atoms with Crippen LogP contribution in [0.5, 0.6) is 0 Å². The highest BCUT2D eigenvalue weighted by atomic mass is 32.2. The second-order valence-corrected chi connectivity index (χ2v) is 8.74. The predicted octanol–water partition coefficient (Wildman–Crippen LogP) is 3.03. The van der Waals surface area contributed by atoms with Crippen LogP contribution in [0, 0.1) is 0 Å². The van der Waals surface area contributed by atoms with Gasteiger partial charge in [0.2, 0.25) is 0 Å². The molecule has 27 heavy (non-hydrogen) atoms. The summed E-state index contributed by atoms with van der Waals surface area (Å²) in [7, 11) is -3.76. The van der Waals surface area contributed by atoms with Crippen molar-refractivity contribution in [3.63, 3.8) is 0 Å². The highest BCUT2D eigenvalue weighted by Crippen LogP contribution is 2.33. The number of nitrogens with zero attached hydrogens (tertiary/aromatic N) is 3. The van der Waals surface area contributed by atoms with Crippen LogP contribution < -0.4 is 5.69 Å². The molecule has 3 aromatic heterocycles. The maximum Gasteiger partial charge on any atom is 0.326 e. The number of aromatic nitrogens is 4. The Bertz CT molecular complexity index is 1310. The highest BCUT2D eigenvalue weighted by molar-refractivity contribution is 7.90. The summed E-state index contributed by atoms with van der Waals surface area (Å²) in [6.07, 6.45) is 7.17. The highest BCUT2D eigenvalue weighted by Gasteiger charge is 2.25. The van der Waals surface area contributed by atoms with E-state index in [1.54, 1.807) is 47.2 Å². The standard InChI is InChI=1S/C19H18N4O3S/c24-19-21-16-12-20-18-15(17(16)23(19)13-6-4-5-7-13)10-11-22(18)27(25,26)14-8-2-1-3-9-14/h1-3,8-13H,4-7H2,(H,21,24). The average Bonchev–Trinajstić information content (AvgIpc) is 3.39. The van der Waals surface area contributed by atoms with Gasteiger partial charge >= 0.3 is 5.69 Å². The molecule has 1 N–H and O–H groups in total. The Morgan fingerprint density at radius 1 is 1.07 bits per heavy atom. The quantitative estimate of drug-likeness (QED) is 0.590. The Kier molecular flexibility index (Phi) is 3.51. The molecular formula is C19H18N4O3S. The molecule has 1 aliphatic rings. The summed E-state index contributed by atoms with van der Waals surface area (Å²) in [4.78, 5) is 20.0. The first-order valence-electron chi connectivity index (χ1n) is 8.98. The molecule has 138 valence electrons. The summed E-state index contributed by atoms with van der Waals surface area (Å²) in [5, 5.41) is 0.664. The number of nitrogens with one attached hydrogen (secondary N) is 1. The second-order valence-electron chi connectivity index (χ2n) is 6.93. The predicted molar refractivity (Wildman–Crippen MR) is 102 cm³/mol. The van der Waals surface area contributed by atoms with Crippen LogP contribution >= 0.6 is 0 Å². The summed E-state index contributed by atoms with van der Waals surface area (Å²) in [6, 6.07) is 10.1. The van der Waals surface area contributed by atoms with E-state index in [1.165, 1.54) is 10.2 Å². The third-order valence-electron chi connectivity index (χ3n) is 5.34. The Hall–Kier alpha value is -2.87. The number of H-pyrrole nitrogens is 1. The fourth-order valence-corrected chi connectivity index (χ4v) is 5.41. The van der Waals surface area contributed by atoms with Crippen molar-refractivity contribution in [3.8, 4) is 0 Å². The van der Waals surface area contributed by atoms with Gasteiger partial charge in [0, 0.05) is 17.6 Å². The lowest BCUT2D eigenvalue weighted by Gasteiger charge is -2.12. The van der Waals surface area contributed by atoms with Gasteiger partial charge in [-0.1, -0.05) is 31.0 Å². The van der Waals surface area contributed by atoms with E-state index >= 15 is 0 Å². The Balaban J connectivity index is 1.79. The van der Waals surface area contributed by atoms with Crippen molar-refractivity contribution < 1.29 is 8.42 Å². The Labute approximate surface area is 155 Å². The second kappa shape index (κ2) is 5.82. The molecule has 3 heterocycles. The van der Waals surface area contributed by atoms with Crippen LogP contribution in [0.15, 0.2) is 58.5 Å². The maximum absolute atomic E-state index is 13.0. The number of imidazole rings is 1. The Morgan fingerprint density at radius 3 is 2.56 bits per heavy atom.